The largest absolute Gasteiger partial charge is 0.416 e. The average Bonchev–Trinajstić information content (AvgIpc) is 3.23. The van der Waals surface area contributed by atoms with Gasteiger partial charge in [0.15, 0.2) is 11.6 Å². The topological polar surface area (TPSA) is 84.7 Å². The van der Waals surface area contributed by atoms with E-state index in [4.69, 9.17) is 23.8 Å². The number of benzene rings is 1. The molecule has 7 nitrogen and oxygen atoms in total. The maximum Gasteiger partial charge on any atom is 0.416 e. The van der Waals surface area contributed by atoms with Crippen molar-refractivity contribution in [2.45, 2.75) is 33.0 Å². The van der Waals surface area contributed by atoms with Gasteiger partial charge in [-0.2, -0.15) is 36.4 Å². The second-order valence-corrected chi connectivity index (χ2v) is 8.38. The lowest BCUT2D eigenvalue weighted by Gasteiger charge is -2.16. The van der Waals surface area contributed by atoms with Crippen molar-refractivity contribution in [2.75, 3.05) is 5.32 Å². The number of carbonyl (C=O) groups is 1. The predicted molar refractivity (Wildman–Crippen MR) is 133 cm³/mol. The van der Waals surface area contributed by atoms with Crippen LogP contribution >= 0.6 is 37.3 Å². The quantitative estimate of drug-likeness (QED) is 0.419. The van der Waals surface area contributed by atoms with E-state index in [0.29, 0.717) is 22.3 Å². The molecule has 1 atom stereocenters. The maximum atomic E-state index is 13.0. The van der Waals surface area contributed by atoms with Gasteiger partial charge < -0.3 is 10.6 Å². The summed E-state index contributed by atoms with van der Waals surface area (Å²) in [5.74, 6) is 0.219. The van der Waals surface area contributed by atoms with Gasteiger partial charge in [-0.1, -0.05) is 37.7 Å². The van der Waals surface area contributed by atoms with Crippen molar-refractivity contribution < 1.29 is 18.0 Å². The summed E-state index contributed by atoms with van der Waals surface area (Å²) in [5.41, 5.74) is -0.518. The molecule has 0 spiro atoms. The highest BCUT2D eigenvalue weighted by molar-refractivity contribution is 7.80. The Labute approximate surface area is 211 Å². The van der Waals surface area contributed by atoms with Gasteiger partial charge in [0.25, 0.3) is 5.91 Å². The lowest BCUT2D eigenvalue weighted by molar-refractivity contribution is -0.137. The first-order valence-electron chi connectivity index (χ1n) is 9.81. The third-order valence-electron chi connectivity index (χ3n) is 4.55. The van der Waals surface area contributed by atoms with Gasteiger partial charge >= 0.3 is 6.18 Å². The lowest BCUT2D eigenvalue weighted by Crippen LogP contribution is -2.29. The molecule has 2 aromatic heterocycles. The molecule has 0 aliphatic heterocycles. The molecule has 0 saturated carbocycles. The number of alkyl halides is 3. The second-order valence-electron chi connectivity index (χ2n) is 7.50. The number of carbonyl (C=O) groups excluding carboxylic acids is 1. The van der Waals surface area contributed by atoms with Crippen molar-refractivity contribution in [3.05, 3.63) is 64.8 Å². The summed E-state index contributed by atoms with van der Waals surface area (Å²) in [4.78, 5) is 21.8. The van der Waals surface area contributed by atoms with E-state index < -0.39 is 23.7 Å². The first-order chi connectivity index (χ1) is 15.5. The Kier molecular flexibility index (Phi) is 9.03. The van der Waals surface area contributed by atoms with Crippen molar-refractivity contribution >= 4 is 53.9 Å². The number of nitrogens with zero attached hydrogens (tertiary/aromatic N) is 4. The first kappa shape index (κ1) is 27.5. The third kappa shape index (κ3) is 6.67. The van der Waals surface area contributed by atoms with Gasteiger partial charge in [-0.25, -0.2) is 9.97 Å². The van der Waals surface area contributed by atoms with Crippen LogP contribution in [-0.4, -0.2) is 30.6 Å². The van der Waals surface area contributed by atoms with Crippen LogP contribution in [0.25, 0.3) is 5.82 Å². The summed E-state index contributed by atoms with van der Waals surface area (Å²) < 4.78 is 40.6. The molecule has 13 heteroatoms. The number of pyridine rings is 1. The Morgan fingerprint density at radius 3 is 2.44 bits per heavy atom. The number of halogens is 4. The summed E-state index contributed by atoms with van der Waals surface area (Å²) in [6.07, 6.45) is -1.75. The van der Waals surface area contributed by atoms with Crippen LogP contribution in [0.4, 0.5) is 18.9 Å². The molecule has 0 aliphatic rings. The van der Waals surface area contributed by atoms with Crippen LogP contribution in [-0.2, 0) is 6.18 Å². The number of hydrogen-bond acceptors (Lipinski definition) is 5. The molecule has 0 bridgehead atoms. The van der Waals surface area contributed by atoms with E-state index in [1.54, 1.807) is 25.3 Å². The number of amides is 1. The van der Waals surface area contributed by atoms with Crippen LogP contribution in [0.3, 0.4) is 0 Å². The molecular formula is C21H22ClF3N6OS2. The Morgan fingerprint density at radius 1 is 1.15 bits per heavy atom. The van der Waals surface area contributed by atoms with Gasteiger partial charge in [-0.3, -0.25) is 4.79 Å². The van der Waals surface area contributed by atoms with Crippen molar-refractivity contribution in [1.29, 1.82) is 0 Å². The Bertz CT molecular complexity index is 1170. The van der Waals surface area contributed by atoms with E-state index in [1.807, 2.05) is 13.8 Å². The van der Waals surface area contributed by atoms with Gasteiger partial charge in [0.1, 0.15) is 6.33 Å². The molecule has 1 aromatic carbocycles. The van der Waals surface area contributed by atoms with E-state index in [9.17, 15) is 18.0 Å². The minimum atomic E-state index is -4.63. The summed E-state index contributed by atoms with van der Waals surface area (Å²) in [6, 6.07) is 5.45. The van der Waals surface area contributed by atoms with Gasteiger partial charge in [-0.15, -0.1) is 0 Å². The molecule has 0 radical (unpaired) electrons. The van der Waals surface area contributed by atoms with Crippen LogP contribution in [0, 0.1) is 5.92 Å². The lowest BCUT2D eigenvalue weighted by atomic mass is 10.1. The van der Waals surface area contributed by atoms with E-state index in [1.165, 1.54) is 17.1 Å². The molecule has 2 heterocycles. The summed E-state index contributed by atoms with van der Waals surface area (Å²) in [7, 11) is 0. The van der Waals surface area contributed by atoms with Crippen LogP contribution in [0.15, 0.2) is 42.9 Å². The fourth-order valence-electron chi connectivity index (χ4n) is 2.82. The maximum absolute atomic E-state index is 13.0. The van der Waals surface area contributed by atoms with Crippen molar-refractivity contribution in [3.63, 3.8) is 0 Å². The molecule has 1 amide bonds. The number of rotatable bonds is 6. The zero-order valence-corrected chi connectivity index (χ0v) is 20.9. The van der Waals surface area contributed by atoms with Crippen LogP contribution in [0.2, 0.25) is 5.02 Å². The van der Waals surface area contributed by atoms with Gasteiger partial charge in [0.05, 0.1) is 28.5 Å². The third-order valence-corrected chi connectivity index (χ3v) is 5.34. The molecule has 34 heavy (non-hydrogen) atoms. The van der Waals surface area contributed by atoms with E-state index >= 15 is 0 Å². The highest BCUT2D eigenvalue weighted by atomic mass is 35.5. The van der Waals surface area contributed by atoms with E-state index in [-0.39, 0.29) is 30.0 Å². The summed E-state index contributed by atoms with van der Waals surface area (Å²) >= 11 is 11.0. The monoisotopic (exact) mass is 530 g/mol. The van der Waals surface area contributed by atoms with Crippen LogP contribution in [0.1, 0.15) is 48.6 Å². The van der Waals surface area contributed by atoms with Gasteiger partial charge in [-0.05, 0) is 37.3 Å². The number of hydrogen-bond donors (Lipinski definition) is 2. The van der Waals surface area contributed by atoms with E-state index in [2.05, 4.69) is 25.7 Å². The van der Waals surface area contributed by atoms with Crippen LogP contribution < -0.4 is 10.6 Å². The smallest absolute Gasteiger partial charge is 0.349 e. The Morgan fingerprint density at radius 2 is 1.85 bits per heavy atom. The minimum absolute atomic E-state index is 0. The van der Waals surface area contributed by atoms with Crippen LogP contribution in [0.5, 0.6) is 0 Å². The molecule has 0 saturated heterocycles. The predicted octanol–water partition coefficient (Wildman–Crippen LogP) is 5.33. The fraction of sp³-hybridized carbons (Fsp3) is 0.286. The first-order valence-corrected chi connectivity index (χ1v) is 10.6. The SMILES string of the molecule is CC(C)C(=S)Nc1ccc(-n2ncnc2[C@H](C)NC(=O)c2cc(Cl)cc(C(F)(F)F)c2)nc1.S. The zero-order valence-electron chi connectivity index (χ0n) is 18.3. The molecule has 3 rings (SSSR count). The van der Waals surface area contributed by atoms with Crippen molar-refractivity contribution in [3.8, 4) is 5.82 Å². The highest BCUT2D eigenvalue weighted by Gasteiger charge is 2.32. The Hall–Kier alpha value is -2.70. The van der Waals surface area contributed by atoms with Gasteiger partial charge in [0.2, 0.25) is 0 Å². The van der Waals surface area contributed by atoms with Crippen molar-refractivity contribution in [1.82, 2.24) is 25.1 Å². The number of aromatic nitrogens is 4. The zero-order chi connectivity index (χ0) is 24.3. The Balaban J connectivity index is 0.00000408. The second kappa shape index (κ2) is 11.2. The summed E-state index contributed by atoms with van der Waals surface area (Å²) in [6.45, 7) is 5.58. The number of nitrogens with one attached hydrogen (secondary N) is 2. The molecule has 0 fully saturated rings. The number of thiocarbonyl (C=S) groups is 1. The fourth-order valence-corrected chi connectivity index (χ4v) is 3.18. The molecule has 0 aliphatic carbocycles. The molecule has 0 unspecified atom stereocenters. The molecule has 182 valence electrons. The molecular weight excluding hydrogens is 509 g/mol. The van der Waals surface area contributed by atoms with Crippen molar-refractivity contribution in [2.24, 2.45) is 5.92 Å². The molecule has 2 N–H and O–H groups in total. The average molecular weight is 531 g/mol. The minimum Gasteiger partial charge on any atom is -0.349 e. The molecule has 3 aromatic rings. The summed E-state index contributed by atoms with van der Waals surface area (Å²) in [5, 5.41) is 9.66. The normalized spacial score (nSPS) is 12.1. The number of anilines is 1. The van der Waals surface area contributed by atoms with E-state index in [0.717, 1.165) is 12.1 Å². The highest BCUT2D eigenvalue weighted by Crippen LogP contribution is 2.32. The standard InChI is InChI=1S/C21H20ClF3N6OS.H2S/c1-11(2)20(33)30-16-4-5-17(26-9-16)31-18(27-10-28-31)12(3)29-19(32)13-6-14(21(23,24)25)8-15(22)7-13;/h4-12H,1-3H3,(H,29,32)(H,30,33);1H2/t12-;/m0./s1. The van der Waals surface area contributed by atoms with Gasteiger partial charge in [0, 0.05) is 16.5 Å².